The van der Waals surface area contributed by atoms with Crippen molar-refractivity contribution < 1.29 is 9.21 Å². The van der Waals surface area contributed by atoms with Crippen molar-refractivity contribution in [3.8, 4) is 0 Å². The third-order valence-electron chi connectivity index (χ3n) is 3.09. The highest BCUT2D eigenvalue weighted by molar-refractivity contribution is 5.81. The maximum absolute atomic E-state index is 11.8. The molecule has 0 radical (unpaired) electrons. The van der Waals surface area contributed by atoms with Crippen LogP contribution in [0.5, 0.6) is 0 Å². The molecule has 4 heteroatoms. The largest absolute Gasteiger partial charge is 0.469 e. The topological polar surface area (TPSA) is 45.5 Å². The molecule has 1 N–H and O–H groups in total. The number of amides is 1. The molecule has 0 bridgehead atoms. The van der Waals surface area contributed by atoms with E-state index >= 15 is 0 Å². The minimum atomic E-state index is -0.0705. The van der Waals surface area contributed by atoms with Crippen LogP contribution >= 0.6 is 0 Å². The Labute approximate surface area is 95.6 Å². The number of nitrogens with one attached hydrogen (secondary N) is 1. The molecule has 0 aliphatic carbocycles. The molecular weight excluding hydrogens is 204 g/mol. The summed E-state index contributed by atoms with van der Waals surface area (Å²) in [5.74, 6) is 1.51. The van der Waals surface area contributed by atoms with Gasteiger partial charge in [0.1, 0.15) is 5.76 Å². The first-order valence-electron chi connectivity index (χ1n) is 5.66. The van der Waals surface area contributed by atoms with Crippen molar-refractivity contribution in [2.75, 3.05) is 20.6 Å². The molecule has 4 nitrogen and oxygen atoms in total. The van der Waals surface area contributed by atoms with Crippen LogP contribution in [0.1, 0.15) is 24.5 Å². The molecule has 2 unspecified atom stereocenters. The molecule has 88 valence electrons. The minimum absolute atomic E-state index is 0.0705. The van der Waals surface area contributed by atoms with E-state index in [2.05, 4.69) is 5.32 Å². The molecule has 0 saturated carbocycles. The number of carbonyl (C=O) groups excluding carboxylic acids is 1. The molecule has 1 aromatic heterocycles. The van der Waals surface area contributed by atoms with Gasteiger partial charge in [-0.3, -0.25) is 4.79 Å². The van der Waals surface area contributed by atoms with Crippen molar-refractivity contribution in [2.45, 2.75) is 24.8 Å². The Bertz CT molecular complexity index is 346. The number of hydrogen-bond acceptors (Lipinski definition) is 3. The van der Waals surface area contributed by atoms with Crippen LogP contribution in [0, 0.1) is 0 Å². The number of rotatable bonds is 2. The van der Waals surface area contributed by atoms with Crippen LogP contribution in [0.15, 0.2) is 22.8 Å². The van der Waals surface area contributed by atoms with Gasteiger partial charge in [-0.15, -0.1) is 0 Å². The molecule has 2 heterocycles. The summed E-state index contributed by atoms with van der Waals surface area (Å²) in [4.78, 5) is 13.5. The van der Waals surface area contributed by atoms with Gasteiger partial charge in [-0.2, -0.15) is 0 Å². The molecule has 2 rings (SSSR count). The Hall–Kier alpha value is -1.29. The molecule has 1 amide bonds. The lowest BCUT2D eigenvalue weighted by atomic mass is 9.90. The van der Waals surface area contributed by atoms with Crippen molar-refractivity contribution in [1.29, 1.82) is 0 Å². The van der Waals surface area contributed by atoms with E-state index in [1.165, 1.54) is 0 Å². The third-order valence-corrected chi connectivity index (χ3v) is 3.09. The molecule has 0 aromatic carbocycles. The Kier molecular flexibility index (Phi) is 3.29. The highest BCUT2D eigenvalue weighted by atomic mass is 16.3. The monoisotopic (exact) mass is 222 g/mol. The van der Waals surface area contributed by atoms with Gasteiger partial charge in [0, 0.05) is 20.0 Å². The van der Waals surface area contributed by atoms with E-state index in [1.54, 1.807) is 25.3 Å². The smallest absolute Gasteiger partial charge is 0.239 e. The number of hydrogen-bond donors (Lipinski definition) is 1. The van der Waals surface area contributed by atoms with Gasteiger partial charge in [0.05, 0.1) is 12.3 Å². The third kappa shape index (κ3) is 2.27. The maximum Gasteiger partial charge on any atom is 0.239 e. The zero-order valence-corrected chi connectivity index (χ0v) is 9.77. The number of carbonyl (C=O) groups is 1. The molecule has 16 heavy (non-hydrogen) atoms. The summed E-state index contributed by atoms with van der Waals surface area (Å²) in [5.41, 5.74) is 0. The van der Waals surface area contributed by atoms with Crippen LogP contribution in [-0.2, 0) is 4.79 Å². The SMILES string of the molecule is CN(C)C(=O)C1CC(c2ccco2)CCN1. The van der Waals surface area contributed by atoms with Gasteiger partial charge in [0.15, 0.2) is 0 Å². The zero-order valence-electron chi connectivity index (χ0n) is 9.77. The molecule has 1 saturated heterocycles. The first-order chi connectivity index (χ1) is 7.68. The lowest BCUT2D eigenvalue weighted by Crippen LogP contribution is -2.47. The van der Waals surface area contributed by atoms with E-state index in [1.807, 2.05) is 12.1 Å². The predicted octanol–water partition coefficient (Wildman–Crippen LogP) is 1.20. The summed E-state index contributed by atoms with van der Waals surface area (Å²) in [6.45, 7) is 0.871. The van der Waals surface area contributed by atoms with E-state index in [4.69, 9.17) is 4.42 Å². The fourth-order valence-electron chi connectivity index (χ4n) is 2.20. The van der Waals surface area contributed by atoms with Crippen LogP contribution in [0.3, 0.4) is 0 Å². The summed E-state index contributed by atoms with van der Waals surface area (Å²) >= 11 is 0. The van der Waals surface area contributed by atoms with E-state index in [0.29, 0.717) is 5.92 Å². The van der Waals surface area contributed by atoms with Gasteiger partial charge in [-0.1, -0.05) is 0 Å². The van der Waals surface area contributed by atoms with Crippen molar-refractivity contribution in [3.63, 3.8) is 0 Å². The summed E-state index contributed by atoms with van der Waals surface area (Å²) in [6.07, 6.45) is 3.55. The fourth-order valence-corrected chi connectivity index (χ4v) is 2.20. The second kappa shape index (κ2) is 4.70. The van der Waals surface area contributed by atoms with E-state index < -0.39 is 0 Å². The van der Waals surface area contributed by atoms with Gasteiger partial charge in [-0.05, 0) is 31.5 Å². The molecule has 1 fully saturated rings. The first-order valence-corrected chi connectivity index (χ1v) is 5.66. The van der Waals surface area contributed by atoms with Crippen LogP contribution in [0.4, 0.5) is 0 Å². The van der Waals surface area contributed by atoms with E-state index in [-0.39, 0.29) is 11.9 Å². The van der Waals surface area contributed by atoms with E-state index in [0.717, 1.165) is 25.1 Å². The molecule has 1 aliphatic rings. The van der Waals surface area contributed by atoms with Crippen LogP contribution < -0.4 is 5.32 Å². The summed E-state index contributed by atoms with van der Waals surface area (Å²) in [5, 5.41) is 3.26. The molecule has 2 atom stereocenters. The minimum Gasteiger partial charge on any atom is -0.469 e. The van der Waals surface area contributed by atoms with Crippen molar-refractivity contribution in [3.05, 3.63) is 24.2 Å². The average molecular weight is 222 g/mol. The van der Waals surface area contributed by atoms with Crippen molar-refractivity contribution in [2.24, 2.45) is 0 Å². The van der Waals surface area contributed by atoms with Crippen LogP contribution in [-0.4, -0.2) is 37.5 Å². The quantitative estimate of drug-likeness (QED) is 0.818. The fraction of sp³-hybridized carbons (Fsp3) is 0.583. The summed E-state index contributed by atoms with van der Waals surface area (Å²) in [6, 6.07) is 3.83. The normalized spacial score (nSPS) is 25.4. The zero-order chi connectivity index (χ0) is 11.5. The second-order valence-electron chi connectivity index (χ2n) is 4.48. The van der Waals surface area contributed by atoms with Gasteiger partial charge in [0.25, 0.3) is 0 Å². The first kappa shape index (κ1) is 11.2. The van der Waals surface area contributed by atoms with Gasteiger partial charge >= 0.3 is 0 Å². The molecular formula is C12H18N2O2. The maximum atomic E-state index is 11.8. The van der Waals surface area contributed by atoms with Crippen molar-refractivity contribution in [1.82, 2.24) is 10.2 Å². The Balaban J connectivity index is 2.02. The predicted molar refractivity (Wildman–Crippen MR) is 61.2 cm³/mol. The number of nitrogens with zero attached hydrogens (tertiary/aromatic N) is 1. The number of likely N-dealkylation sites (N-methyl/N-ethyl adjacent to an activating group) is 1. The highest BCUT2D eigenvalue weighted by Gasteiger charge is 2.29. The van der Waals surface area contributed by atoms with Gasteiger partial charge < -0.3 is 14.6 Å². The van der Waals surface area contributed by atoms with Crippen molar-refractivity contribution >= 4 is 5.91 Å². The second-order valence-corrected chi connectivity index (χ2v) is 4.48. The summed E-state index contributed by atoms with van der Waals surface area (Å²) in [7, 11) is 3.58. The number of piperidine rings is 1. The standard InChI is InChI=1S/C12H18N2O2/c1-14(2)12(15)10-8-9(5-6-13-10)11-4-3-7-16-11/h3-4,7,9-10,13H,5-6,8H2,1-2H3. The molecule has 1 aromatic rings. The van der Waals surface area contributed by atoms with Crippen LogP contribution in [0.2, 0.25) is 0 Å². The molecule has 0 spiro atoms. The van der Waals surface area contributed by atoms with Crippen LogP contribution in [0.25, 0.3) is 0 Å². The lowest BCUT2D eigenvalue weighted by molar-refractivity contribution is -0.131. The Morgan fingerprint density at radius 3 is 3.00 bits per heavy atom. The Morgan fingerprint density at radius 1 is 1.56 bits per heavy atom. The lowest BCUT2D eigenvalue weighted by Gasteiger charge is -2.30. The Morgan fingerprint density at radius 2 is 2.38 bits per heavy atom. The number of furan rings is 1. The highest BCUT2D eigenvalue weighted by Crippen LogP contribution is 2.28. The van der Waals surface area contributed by atoms with Gasteiger partial charge in [0.2, 0.25) is 5.91 Å². The van der Waals surface area contributed by atoms with Gasteiger partial charge in [-0.25, -0.2) is 0 Å². The molecule has 1 aliphatic heterocycles. The average Bonchev–Trinajstić information content (AvgIpc) is 2.81. The van der Waals surface area contributed by atoms with E-state index in [9.17, 15) is 4.79 Å². The summed E-state index contributed by atoms with van der Waals surface area (Å²) < 4.78 is 5.41.